The fourth-order valence-electron chi connectivity index (χ4n) is 4.57. The second kappa shape index (κ2) is 14.0. The second-order valence-electron chi connectivity index (χ2n) is 9.48. The number of rotatable bonds is 8. The van der Waals surface area contributed by atoms with Gasteiger partial charge in [0.05, 0.1) is 12.2 Å². The van der Waals surface area contributed by atoms with E-state index in [0.717, 1.165) is 10.9 Å². The largest absolute Gasteiger partial charge is 0.480 e. The summed E-state index contributed by atoms with van der Waals surface area (Å²) in [6, 6.07) is 6.80. The van der Waals surface area contributed by atoms with E-state index in [9.17, 15) is 29.4 Å². The monoisotopic (exact) mass is 643 g/mol. The Labute approximate surface area is 258 Å². The van der Waals surface area contributed by atoms with E-state index in [1.54, 1.807) is 32.0 Å². The molecule has 2 atom stereocenters. The number of aromatic nitrogens is 4. The lowest BCUT2D eigenvalue weighted by atomic mass is 9.86. The number of carboxylic acids is 2. The van der Waals surface area contributed by atoms with Gasteiger partial charge in [-0.3, -0.25) is 14.4 Å². The van der Waals surface area contributed by atoms with Crippen LogP contribution in [0.1, 0.15) is 53.3 Å². The van der Waals surface area contributed by atoms with Crippen LogP contribution in [0.25, 0.3) is 28.0 Å². The lowest BCUT2D eigenvalue weighted by molar-refractivity contribution is -0.139. The van der Waals surface area contributed by atoms with Crippen molar-refractivity contribution in [1.82, 2.24) is 18.9 Å². The zero-order chi connectivity index (χ0) is 28.8. The van der Waals surface area contributed by atoms with Crippen LogP contribution in [-0.2, 0) is 16.6 Å². The topological polar surface area (TPSA) is 214 Å². The van der Waals surface area contributed by atoms with Crippen LogP contribution in [0.4, 0.5) is 0 Å². The number of nitrogens with two attached hydrogens (primary N) is 3. The number of hydrogen-bond donors (Lipinski definition) is 5. The first kappa shape index (κ1) is 36.3. The summed E-state index contributed by atoms with van der Waals surface area (Å²) in [5.74, 6) is -3.82. The molecule has 0 aliphatic carbocycles. The highest BCUT2D eigenvalue weighted by Crippen LogP contribution is 2.35. The van der Waals surface area contributed by atoms with Gasteiger partial charge in [0, 0.05) is 29.7 Å². The smallest absolute Gasteiger partial charge is 0.358 e. The molecule has 0 aliphatic heterocycles. The van der Waals surface area contributed by atoms with Crippen LogP contribution < -0.4 is 22.9 Å². The number of carbonyl (C=O) groups excluding carboxylic acids is 1. The standard InChI is InChI=1S/C26H29N7O6.3ClH/c1-12(2)15-9-18(17(22(29)25(37)38)10-16(15)21(28)24(35)36)23-30-33(20(34)11-27)26(39)32(23)14-4-5-19-13(8-14)6-7-31(19)3;;;/h4-10,12,21-22H,11,27-29H2,1-3H3,(H,35,36)(H,37,38);3*1H. The van der Waals surface area contributed by atoms with Gasteiger partial charge in [0.25, 0.3) is 5.91 Å². The molecule has 0 fully saturated rings. The maximum atomic E-state index is 13.5. The molecule has 42 heavy (non-hydrogen) atoms. The average Bonchev–Trinajstić information content (AvgIpc) is 3.45. The van der Waals surface area contributed by atoms with Gasteiger partial charge in [-0.1, -0.05) is 19.9 Å². The van der Waals surface area contributed by atoms with Crippen LogP contribution in [0.3, 0.4) is 0 Å². The fraction of sp³-hybridized carbons (Fsp3) is 0.269. The Kier molecular flexibility index (Phi) is 12.1. The quantitative estimate of drug-likeness (QED) is 0.189. The van der Waals surface area contributed by atoms with E-state index in [-0.39, 0.29) is 65.7 Å². The van der Waals surface area contributed by atoms with E-state index >= 15 is 0 Å². The predicted molar refractivity (Wildman–Crippen MR) is 164 cm³/mol. The number of hydrogen-bond acceptors (Lipinski definition) is 8. The number of halogens is 3. The molecule has 0 bridgehead atoms. The summed E-state index contributed by atoms with van der Waals surface area (Å²) in [5, 5.41) is 24.4. The first-order valence-corrected chi connectivity index (χ1v) is 12.0. The van der Waals surface area contributed by atoms with Gasteiger partial charge < -0.3 is 32.0 Å². The molecule has 16 heteroatoms. The van der Waals surface area contributed by atoms with Gasteiger partial charge in [0.1, 0.15) is 12.1 Å². The Morgan fingerprint density at radius 1 is 0.905 bits per heavy atom. The van der Waals surface area contributed by atoms with Gasteiger partial charge in [-0.15, -0.1) is 47.0 Å². The maximum Gasteiger partial charge on any atom is 0.358 e. The maximum absolute atomic E-state index is 13.5. The van der Waals surface area contributed by atoms with Gasteiger partial charge in [-0.25, -0.2) is 9.36 Å². The molecule has 0 saturated heterocycles. The first-order valence-electron chi connectivity index (χ1n) is 12.0. The van der Waals surface area contributed by atoms with Crippen molar-refractivity contribution in [3.8, 4) is 17.1 Å². The van der Waals surface area contributed by atoms with Crippen LogP contribution in [0.15, 0.2) is 47.4 Å². The highest BCUT2D eigenvalue weighted by Gasteiger charge is 2.30. The average molecular weight is 645 g/mol. The zero-order valence-corrected chi connectivity index (χ0v) is 25.2. The van der Waals surface area contributed by atoms with E-state index in [1.165, 1.54) is 16.7 Å². The third-order valence-corrected chi connectivity index (χ3v) is 6.64. The van der Waals surface area contributed by atoms with E-state index in [2.05, 4.69) is 5.10 Å². The zero-order valence-electron chi connectivity index (χ0n) is 22.8. The fourth-order valence-corrected chi connectivity index (χ4v) is 4.57. The Morgan fingerprint density at radius 2 is 1.50 bits per heavy atom. The van der Waals surface area contributed by atoms with Crippen LogP contribution in [0.2, 0.25) is 0 Å². The summed E-state index contributed by atoms with van der Waals surface area (Å²) in [4.78, 5) is 49.9. The second-order valence-corrected chi connectivity index (χ2v) is 9.48. The Balaban J connectivity index is 0.00000294. The van der Waals surface area contributed by atoms with Crippen molar-refractivity contribution in [2.45, 2.75) is 31.8 Å². The highest BCUT2D eigenvalue weighted by atomic mass is 35.5. The van der Waals surface area contributed by atoms with E-state index in [0.29, 0.717) is 15.9 Å². The molecule has 0 radical (unpaired) electrons. The lowest BCUT2D eigenvalue weighted by Crippen LogP contribution is -2.33. The van der Waals surface area contributed by atoms with Gasteiger partial charge in [-0.05, 0) is 52.9 Å². The molecule has 2 aromatic heterocycles. The summed E-state index contributed by atoms with van der Waals surface area (Å²) < 4.78 is 3.69. The van der Waals surface area contributed by atoms with Gasteiger partial charge in [0.15, 0.2) is 5.82 Å². The molecule has 13 nitrogen and oxygen atoms in total. The summed E-state index contributed by atoms with van der Waals surface area (Å²) >= 11 is 0. The van der Waals surface area contributed by atoms with E-state index in [1.807, 2.05) is 23.9 Å². The molecule has 0 spiro atoms. The molecule has 0 amide bonds. The van der Waals surface area contributed by atoms with E-state index < -0.39 is 42.2 Å². The number of benzene rings is 2. The number of nitrogens with zero attached hydrogens (tertiary/aromatic N) is 4. The number of fused-ring (bicyclic) bond motifs is 1. The molecule has 0 saturated carbocycles. The third-order valence-electron chi connectivity index (χ3n) is 6.64. The molecular weight excluding hydrogens is 613 g/mol. The van der Waals surface area contributed by atoms with Crippen molar-refractivity contribution in [2.75, 3.05) is 6.54 Å². The molecule has 2 heterocycles. The van der Waals surface area contributed by atoms with Crippen LogP contribution >= 0.6 is 37.2 Å². The minimum Gasteiger partial charge on any atom is -0.480 e. The molecule has 228 valence electrons. The Morgan fingerprint density at radius 3 is 2.05 bits per heavy atom. The molecule has 4 rings (SSSR count). The van der Waals surface area contributed by atoms with Crippen LogP contribution in [-0.4, -0.2) is 53.5 Å². The predicted octanol–water partition coefficient (Wildman–Crippen LogP) is 2.35. The Hall–Kier alpha value is -3.72. The molecular formula is C26H32Cl3N7O6. The van der Waals surface area contributed by atoms with Crippen molar-refractivity contribution >= 4 is 66.0 Å². The normalized spacial score (nSPS) is 12.2. The van der Waals surface area contributed by atoms with Crippen LogP contribution in [0.5, 0.6) is 0 Å². The van der Waals surface area contributed by atoms with Crippen molar-refractivity contribution in [3.63, 3.8) is 0 Å². The van der Waals surface area contributed by atoms with Gasteiger partial charge in [-0.2, -0.15) is 0 Å². The summed E-state index contributed by atoms with van der Waals surface area (Å²) in [7, 11) is 1.87. The third kappa shape index (κ3) is 6.36. The minimum atomic E-state index is -1.63. The SMILES string of the molecule is CC(C)c1cc(-c2nn(C(=O)CN)c(=O)n2-c2ccc3c(ccn3C)c2)c(C(N)C(=O)O)cc1C(N)C(=O)O.Cl.Cl.Cl. The van der Waals surface area contributed by atoms with Crippen molar-refractivity contribution in [1.29, 1.82) is 0 Å². The molecule has 4 aromatic rings. The minimum absolute atomic E-state index is 0. The van der Waals surface area contributed by atoms with Crippen molar-refractivity contribution in [3.05, 3.63) is 69.8 Å². The van der Waals surface area contributed by atoms with Gasteiger partial charge in [0.2, 0.25) is 0 Å². The summed E-state index contributed by atoms with van der Waals surface area (Å²) in [6.45, 7) is 3.11. The molecule has 8 N–H and O–H groups in total. The summed E-state index contributed by atoms with van der Waals surface area (Å²) in [6.07, 6.45) is 1.85. The highest BCUT2D eigenvalue weighted by molar-refractivity contribution is 5.86. The van der Waals surface area contributed by atoms with Crippen LogP contribution in [0, 0.1) is 0 Å². The first-order chi connectivity index (χ1) is 18.4. The molecule has 0 aliphatic rings. The number of carboxylic acid groups (broad SMARTS) is 2. The Bertz CT molecular complexity index is 1700. The number of aliphatic carboxylic acids is 2. The lowest BCUT2D eigenvalue weighted by Gasteiger charge is -2.22. The van der Waals surface area contributed by atoms with Gasteiger partial charge >= 0.3 is 17.6 Å². The van der Waals surface area contributed by atoms with Crippen molar-refractivity contribution in [2.24, 2.45) is 24.2 Å². The number of carbonyl (C=O) groups is 3. The molecule has 2 aromatic carbocycles. The summed E-state index contributed by atoms with van der Waals surface area (Å²) in [5.41, 5.74) is 18.7. The molecule has 2 unspecified atom stereocenters. The number of aryl methyl sites for hydroxylation is 1. The van der Waals surface area contributed by atoms with Crippen molar-refractivity contribution < 1.29 is 24.6 Å². The van der Waals surface area contributed by atoms with E-state index in [4.69, 9.17) is 17.2 Å².